The van der Waals surface area contributed by atoms with Crippen LogP contribution >= 0.6 is 22.7 Å². The van der Waals surface area contributed by atoms with Crippen LogP contribution in [0.2, 0.25) is 0 Å². The van der Waals surface area contributed by atoms with E-state index in [9.17, 15) is 0 Å². The number of aromatic nitrogens is 4. The van der Waals surface area contributed by atoms with Crippen molar-refractivity contribution in [2.24, 2.45) is 0 Å². The van der Waals surface area contributed by atoms with Crippen LogP contribution in [0.25, 0.3) is 119 Å². The van der Waals surface area contributed by atoms with Crippen molar-refractivity contribution >= 4 is 85.8 Å². The van der Waals surface area contributed by atoms with E-state index >= 15 is 0 Å². The Hall–Kier alpha value is -7.06. The number of thiophene rings is 1. The summed E-state index contributed by atoms with van der Waals surface area (Å²) in [4.78, 5) is 21.0. The highest BCUT2D eigenvalue weighted by molar-refractivity contribution is 7.26. The zero-order valence-corrected chi connectivity index (χ0v) is 31.8. The molecule has 0 saturated carbocycles. The molecule has 0 atom stereocenters. The van der Waals surface area contributed by atoms with Gasteiger partial charge in [-0.25, -0.2) is 19.9 Å². The van der Waals surface area contributed by atoms with Gasteiger partial charge in [-0.1, -0.05) is 140 Å². The summed E-state index contributed by atoms with van der Waals surface area (Å²) in [7, 11) is 0. The molecule has 0 bridgehead atoms. The maximum atomic E-state index is 6.22. The Morgan fingerprint density at radius 3 is 1.84 bits per heavy atom. The number of rotatable bonds is 5. The van der Waals surface area contributed by atoms with Gasteiger partial charge in [0.1, 0.15) is 16.2 Å². The molecule has 266 valence electrons. The Labute approximate surface area is 334 Å². The lowest BCUT2D eigenvalue weighted by atomic mass is 9.98. The highest BCUT2D eigenvalue weighted by Gasteiger charge is 2.20. The van der Waals surface area contributed by atoms with Gasteiger partial charge in [-0.15, -0.1) is 22.7 Å². The zero-order valence-electron chi connectivity index (χ0n) is 30.2. The van der Waals surface area contributed by atoms with Crippen molar-refractivity contribution in [3.63, 3.8) is 0 Å². The van der Waals surface area contributed by atoms with Crippen LogP contribution < -0.4 is 0 Å². The molecule has 0 aliphatic carbocycles. The number of thiazole rings is 1. The molecule has 0 spiro atoms. The minimum atomic E-state index is 0.610. The number of furan rings is 1. The largest absolute Gasteiger partial charge is 0.456 e. The van der Waals surface area contributed by atoms with Gasteiger partial charge in [-0.2, -0.15) is 0 Å². The van der Waals surface area contributed by atoms with E-state index in [2.05, 4.69) is 146 Å². The van der Waals surface area contributed by atoms with Crippen molar-refractivity contribution in [1.29, 1.82) is 0 Å². The molecule has 12 aromatic rings. The molecule has 4 heterocycles. The van der Waals surface area contributed by atoms with Crippen molar-refractivity contribution in [2.75, 3.05) is 0 Å². The fourth-order valence-electron chi connectivity index (χ4n) is 8.13. The van der Waals surface area contributed by atoms with Crippen LogP contribution in [0.5, 0.6) is 0 Å². The lowest BCUT2D eigenvalue weighted by molar-refractivity contribution is 0.669. The topological polar surface area (TPSA) is 64.7 Å². The molecular weight excluding hydrogens is 737 g/mol. The smallest absolute Gasteiger partial charge is 0.165 e. The zero-order chi connectivity index (χ0) is 37.5. The van der Waals surface area contributed by atoms with Crippen LogP contribution in [-0.2, 0) is 0 Å². The fraction of sp³-hybridized carbons (Fsp3) is 0. The summed E-state index contributed by atoms with van der Waals surface area (Å²) in [6, 6.07) is 59.1. The Morgan fingerprint density at radius 1 is 0.368 bits per heavy atom. The van der Waals surface area contributed by atoms with E-state index in [1.54, 1.807) is 22.7 Å². The summed E-state index contributed by atoms with van der Waals surface area (Å²) in [5.74, 6) is 1.86. The van der Waals surface area contributed by atoms with E-state index in [1.165, 1.54) is 15.5 Å². The number of hydrogen-bond acceptors (Lipinski definition) is 7. The molecule has 4 aromatic heterocycles. The summed E-state index contributed by atoms with van der Waals surface area (Å²) in [6.07, 6.45) is 0. The molecule has 8 aromatic carbocycles. The van der Waals surface area contributed by atoms with Gasteiger partial charge in [0.2, 0.25) is 0 Å². The van der Waals surface area contributed by atoms with Gasteiger partial charge >= 0.3 is 0 Å². The van der Waals surface area contributed by atoms with Gasteiger partial charge in [0.25, 0.3) is 0 Å². The predicted octanol–water partition coefficient (Wildman–Crippen LogP) is 14.2. The molecule has 7 heteroatoms. The number of hydrogen-bond donors (Lipinski definition) is 0. The Balaban J connectivity index is 1.07. The maximum Gasteiger partial charge on any atom is 0.165 e. The van der Waals surface area contributed by atoms with Gasteiger partial charge < -0.3 is 4.42 Å². The molecule has 57 heavy (non-hydrogen) atoms. The van der Waals surface area contributed by atoms with Gasteiger partial charge in [0.05, 0.1) is 10.2 Å². The highest BCUT2D eigenvalue weighted by atomic mass is 32.1. The predicted molar refractivity (Wildman–Crippen MR) is 238 cm³/mol. The first kappa shape index (κ1) is 32.2. The average Bonchev–Trinajstić information content (AvgIpc) is 4.00. The first-order valence-electron chi connectivity index (χ1n) is 18.8. The summed E-state index contributed by atoms with van der Waals surface area (Å²) in [5, 5.41) is 7.85. The molecular formula is C50H28N4OS2. The van der Waals surface area contributed by atoms with Crippen LogP contribution in [0, 0.1) is 0 Å². The minimum Gasteiger partial charge on any atom is -0.456 e. The van der Waals surface area contributed by atoms with E-state index in [-0.39, 0.29) is 0 Å². The van der Waals surface area contributed by atoms with Crippen LogP contribution in [0.4, 0.5) is 0 Å². The van der Waals surface area contributed by atoms with E-state index in [1.807, 2.05) is 24.3 Å². The molecule has 0 saturated heterocycles. The quantitative estimate of drug-likeness (QED) is 0.175. The van der Waals surface area contributed by atoms with Crippen LogP contribution in [-0.4, -0.2) is 19.9 Å². The standard InChI is InChI=1S/C50H28N4OS2/c1-2-12-31(13-3-1)50-51-40-28-39(33-14-4-5-16-35(33)46(40)57-50)49-53-47(52-48(54-49)38-20-10-19-36-34-15-7-9-23-43(34)56-45(36)38)30-26-24-29(25-27-30)32-18-11-22-42-44(32)37-17-6-8-21-41(37)55-42/h1-28H. The molecule has 12 rings (SSSR count). The SMILES string of the molecule is c1ccc(-c2nc3cc(-c4nc(-c5ccc(-c6cccc7oc8ccccc8c67)cc5)nc(-c5cccc6c5sc5ccccc56)n4)c4ccccc4c3s2)cc1. The maximum absolute atomic E-state index is 6.22. The molecule has 0 fully saturated rings. The van der Waals surface area contributed by atoms with E-state index in [0.717, 1.165) is 86.0 Å². The normalized spacial score (nSPS) is 11.9. The number of nitrogens with zero attached hydrogens (tertiary/aromatic N) is 4. The molecule has 0 unspecified atom stereocenters. The van der Waals surface area contributed by atoms with Crippen molar-refractivity contribution in [3.8, 4) is 55.9 Å². The minimum absolute atomic E-state index is 0.610. The second kappa shape index (κ2) is 12.7. The third-order valence-corrected chi connectivity index (χ3v) is 13.2. The Morgan fingerprint density at radius 2 is 0.982 bits per heavy atom. The van der Waals surface area contributed by atoms with Gasteiger partial charge in [0, 0.05) is 58.6 Å². The molecule has 0 N–H and O–H groups in total. The van der Waals surface area contributed by atoms with Crippen molar-refractivity contribution in [1.82, 2.24) is 19.9 Å². The number of benzene rings is 8. The molecule has 0 aliphatic rings. The summed E-state index contributed by atoms with van der Waals surface area (Å²) >= 11 is 3.50. The van der Waals surface area contributed by atoms with E-state index in [4.69, 9.17) is 24.4 Å². The van der Waals surface area contributed by atoms with Gasteiger partial charge in [-0.05, 0) is 46.8 Å². The second-order valence-electron chi connectivity index (χ2n) is 14.1. The molecule has 0 aliphatic heterocycles. The molecule has 0 radical (unpaired) electrons. The first-order valence-corrected chi connectivity index (χ1v) is 20.4. The Kier molecular flexibility index (Phi) is 7.20. The third kappa shape index (κ3) is 5.20. The second-order valence-corrected chi connectivity index (χ2v) is 16.2. The summed E-state index contributed by atoms with van der Waals surface area (Å²) in [6.45, 7) is 0. The van der Waals surface area contributed by atoms with Crippen LogP contribution in [0.3, 0.4) is 0 Å². The summed E-state index contributed by atoms with van der Waals surface area (Å²) in [5.41, 5.74) is 8.81. The van der Waals surface area contributed by atoms with E-state index < -0.39 is 0 Å². The molecule has 5 nitrogen and oxygen atoms in total. The number of para-hydroxylation sites is 1. The van der Waals surface area contributed by atoms with Crippen LogP contribution in [0.1, 0.15) is 0 Å². The highest BCUT2D eigenvalue weighted by Crippen LogP contribution is 2.43. The third-order valence-electron chi connectivity index (χ3n) is 10.8. The van der Waals surface area contributed by atoms with Crippen LogP contribution in [0.15, 0.2) is 174 Å². The van der Waals surface area contributed by atoms with Gasteiger partial charge in [-0.3, -0.25) is 0 Å². The number of fused-ring (bicyclic) bond motifs is 9. The average molecular weight is 765 g/mol. The van der Waals surface area contributed by atoms with E-state index in [0.29, 0.717) is 17.5 Å². The lowest BCUT2D eigenvalue weighted by Gasteiger charge is -2.12. The summed E-state index contributed by atoms with van der Waals surface area (Å²) < 4.78 is 9.76. The Bertz CT molecular complexity index is 3530. The molecule has 0 amide bonds. The first-order chi connectivity index (χ1) is 28.2. The monoisotopic (exact) mass is 764 g/mol. The van der Waals surface area contributed by atoms with Crippen molar-refractivity contribution in [2.45, 2.75) is 0 Å². The van der Waals surface area contributed by atoms with Gasteiger partial charge in [0.15, 0.2) is 17.5 Å². The van der Waals surface area contributed by atoms with Crippen molar-refractivity contribution in [3.05, 3.63) is 170 Å². The fourth-order valence-corrected chi connectivity index (χ4v) is 10.4. The van der Waals surface area contributed by atoms with Crippen molar-refractivity contribution < 1.29 is 4.42 Å². The lowest BCUT2D eigenvalue weighted by Crippen LogP contribution is -2.01.